The van der Waals surface area contributed by atoms with E-state index in [2.05, 4.69) is 10.3 Å². The molecule has 0 spiro atoms. The third-order valence-corrected chi connectivity index (χ3v) is 8.30. The largest absolute Gasteiger partial charge is 0.391 e. The molecule has 2 heterocycles. The van der Waals surface area contributed by atoms with Crippen LogP contribution < -0.4 is 5.32 Å². The SMILES string of the molecule is O=C(Nc1ccc(S(=O)(=O)N2C[C@@H]3C[C@H]4C[C@H]3[C@@H]2[C@@H]4O)cc1)c1ccccn1. The van der Waals surface area contributed by atoms with E-state index in [1.54, 1.807) is 30.3 Å². The molecule has 2 aliphatic carbocycles. The first-order valence-electron chi connectivity index (χ1n) is 9.47. The van der Waals surface area contributed by atoms with E-state index in [1.165, 1.54) is 22.6 Å². The van der Waals surface area contributed by atoms with Crippen molar-refractivity contribution in [2.24, 2.45) is 17.8 Å². The molecule has 3 aliphatic rings. The molecule has 1 aliphatic heterocycles. The summed E-state index contributed by atoms with van der Waals surface area (Å²) >= 11 is 0. The molecule has 0 unspecified atom stereocenters. The lowest BCUT2D eigenvalue weighted by Crippen LogP contribution is -2.43. The first-order valence-corrected chi connectivity index (χ1v) is 10.9. The zero-order valence-electron chi connectivity index (χ0n) is 15.1. The third kappa shape index (κ3) is 2.67. The summed E-state index contributed by atoms with van der Waals surface area (Å²) in [6.07, 6.45) is 2.83. The number of rotatable bonds is 4. The fraction of sp³-hybridized carbons (Fsp3) is 0.400. The van der Waals surface area contributed by atoms with Crippen LogP contribution >= 0.6 is 0 Å². The summed E-state index contributed by atoms with van der Waals surface area (Å²) < 4.78 is 27.8. The highest BCUT2D eigenvalue weighted by molar-refractivity contribution is 7.89. The van der Waals surface area contributed by atoms with Crippen molar-refractivity contribution in [1.82, 2.24) is 9.29 Å². The zero-order valence-corrected chi connectivity index (χ0v) is 15.9. The molecule has 1 amide bonds. The predicted octanol–water partition coefficient (Wildman–Crippen LogP) is 1.72. The van der Waals surface area contributed by atoms with Gasteiger partial charge >= 0.3 is 0 Å². The number of carbonyl (C=O) groups excluding carboxylic acids is 1. The van der Waals surface area contributed by atoms with Crippen molar-refractivity contribution in [3.05, 3.63) is 54.4 Å². The Labute approximate surface area is 163 Å². The molecule has 28 heavy (non-hydrogen) atoms. The van der Waals surface area contributed by atoms with Crippen LogP contribution in [0, 0.1) is 17.8 Å². The maximum Gasteiger partial charge on any atom is 0.274 e. The summed E-state index contributed by atoms with van der Waals surface area (Å²) in [4.78, 5) is 16.4. The molecule has 5 rings (SSSR count). The number of aromatic nitrogens is 1. The van der Waals surface area contributed by atoms with Gasteiger partial charge < -0.3 is 10.4 Å². The normalized spacial score (nSPS) is 31.2. The van der Waals surface area contributed by atoms with Gasteiger partial charge in [0.2, 0.25) is 10.0 Å². The Morgan fingerprint density at radius 3 is 2.57 bits per heavy atom. The van der Waals surface area contributed by atoms with Gasteiger partial charge in [-0.2, -0.15) is 4.31 Å². The number of sulfonamides is 1. The number of aliphatic hydroxyl groups excluding tert-OH is 1. The molecule has 1 saturated heterocycles. The minimum absolute atomic E-state index is 0.181. The van der Waals surface area contributed by atoms with E-state index in [4.69, 9.17) is 0 Å². The number of hydrogen-bond acceptors (Lipinski definition) is 5. The number of pyridine rings is 1. The first kappa shape index (κ1) is 17.8. The van der Waals surface area contributed by atoms with E-state index in [0.29, 0.717) is 18.2 Å². The summed E-state index contributed by atoms with van der Waals surface area (Å²) in [5.41, 5.74) is 0.786. The maximum atomic E-state index is 13.2. The zero-order chi connectivity index (χ0) is 19.5. The van der Waals surface area contributed by atoms with Crippen molar-refractivity contribution in [3.8, 4) is 0 Å². The van der Waals surface area contributed by atoms with Gasteiger partial charge in [0, 0.05) is 18.4 Å². The van der Waals surface area contributed by atoms with E-state index in [-0.39, 0.29) is 34.4 Å². The van der Waals surface area contributed by atoms with Crippen molar-refractivity contribution in [2.75, 3.05) is 11.9 Å². The Kier molecular flexibility index (Phi) is 4.04. The van der Waals surface area contributed by atoms with Crippen LogP contribution in [0.2, 0.25) is 0 Å². The minimum Gasteiger partial charge on any atom is -0.391 e. The van der Waals surface area contributed by atoms with E-state index >= 15 is 0 Å². The smallest absolute Gasteiger partial charge is 0.274 e. The molecule has 2 N–H and O–H groups in total. The molecular weight excluding hydrogens is 378 g/mol. The summed E-state index contributed by atoms with van der Waals surface area (Å²) in [5, 5.41) is 13.2. The van der Waals surface area contributed by atoms with Crippen molar-refractivity contribution in [3.63, 3.8) is 0 Å². The number of aliphatic hydroxyl groups is 1. The number of benzene rings is 1. The molecule has 146 valence electrons. The second-order valence-corrected chi connectivity index (χ2v) is 9.80. The van der Waals surface area contributed by atoms with Crippen molar-refractivity contribution >= 4 is 21.6 Å². The first-order chi connectivity index (χ1) is 13.4. The van der Waals surface area contributed by atoms with E-state index in [1.807, 2.05) is 0 Å². The monoisotopic (exact) mass is 399 g/mol. The Bertz CT molecular complexity index is 1010. The molecule has 2 saturated carbocycles. The Hall–Kier alpha value is -2.29. The van der Waals surface area contributed by atoms with Crippen LogP contribution in [0.4, 0.5) is 5.69 Å². The molecule has 0 radical (unpaired) electrons. The van der Waals surface area contributed by atoms with Crippen LogP contribution in [0.25, 0.3) is 0 Å². The maximum absolute atomic E-state index is 13.2. The summed E-state index contributed by atoms with van der Waals surface area (Å²) in [7, 11) is -3.68. The summed E-state index contributed by atoms with van der Waals surface area (Å²) in [6.45, 7) is 0.489. The third-order valence-electron chi connectivity index (χ3n) is 6.42. The van der Waals surface area contributed by atoms with Gasteiger partial charge in [-0.1, -0.05) is 6.07 Å². The average molecular weight is 399 g/mol. The van der Waals surface area contributed by atoms with Gasteiger partial charge in [0.05, 0.1) is 17.0 Å². The van der Waals surface area contributed by atoms with E-state index in [9.17, 15) is 18.3 Å². The van der Waals surface area contributed by atoms with Gasteiger partial charge in [0.25, 0.3) is 5.91 Å². The van der Waals surface area contributed by atoms with E-state index < -0.39 is 16.1 Å². The quantitative estimate of drug-likeness (QED) is 0.816. The number of nitrogens with zero attached hydrogens (tertiary/aromatic N) is 2. The average Bonchev–Trinajstić information content (AvgIpc) is 3.32. The van der Waals surface area contributed by atoms with Crippen LogP contribution in [0.5, 0.6) is 0 Å². The summed E-state index contributed by atoms with van der Waals surface area (Å²) in [5.74, 6) is 0.536. The second-order valence-electron chi connectivity index (χ2n) is 7.90. The minimum atomic E-state index is -3.68. The highest BCUT2D eigenvalue weighted by atomic mass is 32.2. The molecule has 2 aromatic rings. The molecule has 7 nitrogen and oxygen atoms in total. The number of hydrogen-bond donors (Lipinski definition) is 2. The molecule has 8 heteroatoms. The highest BCUT2D eigenvalue weighted by Gasteiger charge is 2.61. The number of anilines is 1. The fourth-order valence-electron chi connectivity index (χ4n) is 5.17. The highest BCUT2D eigenvalue weighted by Crippen LogP contribution is 2.56. The van der Waals surface area contributed by atoms with Gasteiger partial charge in [0.15, 0.2) is 0 Å². The topological polar surface area (TPSA) is 99.6 Å². The second kappa shape index (κ2) is 6.37. The van der Waals surface area contributed by atoms with Gasteiger partial charge in [0.1, 0.15) is 5.69 Å². The van der Waals surface area contributed by atoms with Crippen LogP contribution in [0.1, 0.15) is 23.3 Å². The van der Waals surface area contributed by atoms with Crippen molar-refractivity contribution in [2.45, 2.75) is 29.9 Å². The lowest BCUT2D eigenvalue weighted by molar-refractivity contribution is 0.0731. The Morgan fingerprint density at radius 1 is 1.11 bits per heavy atom. The molecular formula is C20H21N3O4S. The number of fused-ring (bicyclic) bond motifs is 1. The standard InChI is InChI=1S/C20H21N3O4S/c24-19-12-9-13-11-23(18(19)16(13)10-12)28(26,27)15-6-4-14(5-7-15)22-20(25)17-3-1-2-8-21-17/h1-8,12-13,16,18-19,24H,9-11H2,(H,22,25)/t12-,13-,16+,18+,19+/m0/s1. The van der Waals surface area contributed by atoms with Crippen LogP contribution in [0.3, 0.4) is 0 Å². The van der Waals surface area contributed by atoms with Gasteiger partial charge in [-0.3, -0.25) is 9.78 Å². The lowest BCUT2D eigenvalue weighted by Gasteiger charge is -2.28. The lowest BCUT2D eigenvalue weighted by atomic mass is 9.88. The molecule has 3 fully saturated rings. The van der Waals surface area contributed by atoms with Crippen LogP contribution in [-0.2, 0) is 10.0 Å². The van der Waals surface area contributed by atoms with Crippen molar-refractivity contribution in [1.29, 1.82) is 0 Å². The van der Waals surface area contributed by atoms with Crippen LogP contribution in [-0.4, -0.2) is 47.4 Å². The van der Waals surface area contributed by atoms with Gasteiger partial charge in [-0.15, -0.1) is 0 Å². The number of amides is 1. The predicted molar refractivity (Wildman–Crippen MR) is 102 cm³/mol. The van der Waals surface area contributed by atoms with Crippen molar-refractivity contribution < 1.29 is 18.3 Å². The summed E-state index contributed by atoms with van der Waals surface area (Å²) in [6, 6.07) is 10.9. The molecule has 5 atom stereocenters. The number of carbonyl (C=O) groups is 1. The van der Waals surface area contributed by atoms with E-state index in [0.717, 1.165) is 12.8 Å². The molecule has 1 aromatic carbocycles. The number of nitrogens with one attached hydrogen (secondary N) is 1. The fourth-order valence-corrected chi connectivity index (χ4v) is 6.91. The van der Waals surface area contributed by atoms with Gasteiger partial charge in [-0.25, -0.2) is 8.42 Å². The van der Waals surface area contributed by atoms with Crippen LogP contribution in [0.15, 0.2) is 53.6 Å². The Balaban J connectivity index is 1.35. The Morgan fingerprint density at radius 2 is 1.89 bits per heavy atom. The molecule has 2 bridgehead atoms. The van der Waals surface area contributed by atoms with Gasteiger partial charge in [-0.05, 0) is 67.0 Å². The molecule has 1 aromatic heterocycles.